The highest BCUT2D eigenvalue weighted by Gasteiger charge is 2.58. The lowest BCUT2D eigenvalue weighted by Crippen LogP contribution is -2.60. The van der Waals surface area contributed by atoms with Gasteiger partial charge in [-0.05, 0) is 54.4 Å². The van der Waals surface area contributed by atoms with Crippen molar-refractivity contribution in [2.24, 2.45) is 28.2 Å². The van der Waals surface area contributed by atoms with E-state index in [0.717, 1.165) is 18.2 Å². The van der Waals surface area contributed by atoms with Crippen LogP contribution >= 0.6 is 0 Å². The molecule has 1 heterocycles. The van der Waals surface area contributed by atoms with Crippen LogP contribution in [0.15, 0.2) is 29.3 Å². The maximum Gasteiger partial charge on any atom is 0.289 e. The van der Waals surface area contributed by atoms with Gasteiger partial charge >= 0.3 is 0 Å². The number of nitrogens with zero attached hydrogens (tertiary/aromatic N) is 1. The van der Waals surface area contributed by atoms with Crippen LogP contribution in [-0.2, 0) is 4.74 Å². The van der Waals surface area contributed by atoms with Gasteiger partial charge in [0, 0.05) is 11.6 Å². The number of amidine groups is 1. The van der Waals surface area contributed by atoms with Gasteiger partial charge < -0.3 is 10.1 Å². The van der Waals surface area contributed by atoms with Gasteiger partial charge in [-0.1, -0.05) is 13.8 Å². The fourth-order valence-electron chi connectivity index (χ4n) is 4.31. The smallest absolute Gasteiger partial charge is 0.289 e. The van der Waals surface area contributed by atoms with Crippen LogP contribution in [0.5, 0.6) is 0 Å². The van der Waals surface area contributed by atoms with Crippen LogP contribution in [0.4, 0.5) is 10.1 Å². The minimum absolute atomic E-state index is 0.235. The number of hydrogen-bond acceptors (Lipinski definition) is 3. The molecule has 3 saturated carbocycles. The van der Waals surface area contributed by atoms with E-state index < -0.39 is 0 Å². The van der Waals surface area contributed by atoms with E-state index in [4.69, 9.17) is 9.73 Å². The van der Waals surface area contributed by atoms with E-state index in [1.807, 2.05) is 0 Å². The van der Waals surface area contributed by atoms with E-state index in [1.54, 1.807) is 12.1 Å². The number of benzene rings is 1. The molecule has 0 radical (unpaired) electrons. The molecule has 0 saturated heterocycles. The molecule has 1 aromatic rings. The van der Waals surface area contributed by atoms with Crippen molar-refractivity contribution >= 4 is 11.7 Å². The molecule has 112 valence electrons. The van der Waals surface area contributed by atoms with Crippen LogP contribution in [0, 0.1) is 29.0 Å². The first-order valence-corrected chi connectivity index (χ1v) is 7.77. The minimum atomic E-state index is -0.235. The molecule has 1 aliphatic heterocycles. The average Bonchev–Trinajstić information content (AvgIpc) is 2.48. The fraction of sp³-hybridized carbons (Fsp3) is 0.588. The van der Waals surface area contributed by atoms with E-state index in [9.17, 15) is 4.39 Å². The molecule has 3 fully saturated rings. The number of aliphatic imine (C=N–C) groups is 1. The largest absolute Gasteiger partial charge is 0.465 e. The SMILES string of the molecule is CC1(C)[C@@H]2C[C@@H]3COC(Nc4ccc(F)cc4)=N[C@@H]3[C@@H]1C2. The summed E-state index contributed by atoms with van der Waals surface area (Å²) in [4.78, 5) is 4.83. The maximum atomic E-state index is 12.9. The van der Waals surface area contributed by atoms with E-state index >= 15 is 0 Å². The third-order valence-electron chi connectivity index (χ3n) is 5.82. The highest BCUT2D eigenvalue weighted by molar-refractivity contribution is 5.89. The van der Waals surface area contributed by atoms with E-state index in [-0.39, 0.29) is 5.82 Å². The molecule has 5 rings (SSSR count). The zero-order chi connectivity index (χ0) is 14.6. The Balaban J connectivity index is 1.53. The molecule has 4 atom stereocenters. The van der Waals surface area contributed by atoms with Gasteiger partial charge in [-0.15, -0.1) is 0 Å². The predicted octanol–water partition coefficient (Wildman–Crippen LogP) is 3.67. The van der Waals surface area contributed by atoms with Crippen LogP contribution in [0.2, 0.25) is 0 Å². The molecule has 0 unspecified atom stereocenters. The molecule has 3 aliphatic carbocycles. The molecule has 4 heteroatoms. The summed E-state index contributed by atoms with van der Waals surface area (Å²) in [6.45, 7) is 5.50. The summed E-state index contributed by atoms with van der Waals surface area (Å²) in [5.41, 5.74) is 1.23. The Morgan fingerprint density at radius 2 is 2.00 bits per heavy atom. The van der Waals surface area contributed by atoms with Crippen molar-refractivity contribution in [2.45, 2.75) is 32.7 Å². The number of hydrogen-bond donors (Lipinski definition) is 1. The third-order valence-corrected chi connectivity index (χ3v) is 5.82. The zero-order valence-corrected chi connectivity index (χ0v) is 12.5. The van der Waals surface area contributed by atoms with Crippen molar-refractivity contribution in [3.63, 3.8) is 0 Å². The Morgan fingerprint density at radius 3 is 2.71 bits per heavy atom. The summed E-state index contributed by atoms with van der Waals surface area (Å²) in [7, 11) is 0. The molecule has 21 heavy (non-hydrogen) atoms. The van der Waals surface area contributed by atoms with Crippen molar-refractivity contribution in [3.8, 4) is 0 Å². The van der Waals surface area contributed by atoms with Crippen molar-refractivity contribution in [1.82, 2.24) is 0 Å². The molecule has 0 spiro atoms. The maximum absolute atomic E-state index is 12.9. The number of ether oxygens (including phenoxy) is 1. The number of anilines is 1. The summed E-state index contributed by atoms with van der Waals surface area (Å²) < 4.78 is 18.7. The molecule has 1 aromatic carbocycles. The van der Waals surface area contributed by atoms with E-state index in [1.165, 1.54) is 25.0 Å². The second-order valence-electron chi connectivity index (χ2n) is 7.22. The van der Waals surface area contributed by atoms with Gasteiger partial charge in [-0.2, -0.15) is 0 Å². The van der Waals surface area contributed by atoms with Crippen molar-refractivity contribution in [2.75, 3.05) is 11.9 Å². The van der Waals surface area contributed by atoms with Crippen LogP contribution in [0.25, 0.3) is 0 Å². The fourth-order valence-corrected chi connectivity index (χ4v) is 4.31. The Labute approximate surface area is 124 Å². The molecular formula is C17H21FN2O. The molecule has 1 N–H and O–H groups in total. The lowest BCUT2D eigenvalue weighted by atomic mass is 9.45. The van der Waals surface area contributed by atoms with Crippen LogP contribution in [-0.4, -0.2) is 18.7 Å². The Kier molecular flexibility index (Phi) is 2.78. The number of nitrogens with one attached hydrogen (secondary N) is 1. The first-order chi connectivity index (χ1) is 10.0. The quantitative estimate of drug-likeness (QED) is 0.855. The van der Waals surface area contributed by atoms with Gasteiger partial charge in [0.1, 0.15) is 5.82 Å². The van der Waals surface area contributed by atoms with Crippen LogP contribution < -0.4 is 5.32 Å². The van der Waals surface area contributed by atoms with Crippen LogP contribution in [0.3, 0.4) is 0 Å². The van der Waals surface area contributed by atoms with E-state index in [2.05, 4.69) is 19.2 Å². The second kappa shape index (κ2) is 4.46. The van der Waals surface area contributed by atoms with Gasteiger partial charge in [0.25, 0.3) is 6.02 Å². The summed E-state index contributed by atoms with van der Waals surface area (Å²) >= 11 is 0. The molecule has 2 bridgehead atoms. The van der Waals surface area contributed by atoms with Gasteiger partial charge in [0.15, 0.2) is 0 Å². The summed E-state index contributed by atoms with van der Waals surface area (Å²) in [5.74, 6) is 1.85. The summed E-state index contributed by atoms with van der Waals surface area (Å²) in [6.07, 6.45) is 2.54. The lowest BCUT2D eigenvalue weighted by molar-refractivity contribution is -0.116. The zero-order valence-electron chi connectivity index (χ0n) is 12.5. The Bertz CT molecular complexity index is 581. The molecule has 0 amide bonds. The third kappa shape index (κ3) is 2.03. The number of halogens is 1. The molecular weight excluding hydrogens is 267 g/mol. The average molecular weight is 288 g/mol. The van der Waals surface area contributed by atoms with Crippen molar-refractivity contribution < 1.29 is 9.13 Å². The summed E-state index contributed by atoms with van der Waals surface area (Å²) in [5, 5.41) is 3.17. The highest BCUT2D eigenvalue weighted by Crippen LogP contribution is 2.61. The van der Waals surface area contributed by atoms with Crippen LogP contribution in [0.1, 0.15) is 26.7 Å². The first kappa shape index (κ1) is 13.1. The normalized spacial score (nSPS) is 35.9. The molecule has 4 aliphatic rings. The van der Waals surface area contributed by atoms with Gasteiger partial charge in [0.05, 0.1) is 12.6 Å². The topological polar surface area (TPSA) is 33.6 Å². The molecule has 0 aromatic heterocycles. The van der Waals surface area contributed by atoms with Gasteiger partial charge in [0.2, 0.25) is 0 Å². The Morgan fingerprint density at radius 1 is 1.24 bits per heavy atom. The number of rotatable bonds is 1. The lowest BCUT2D eigenvalue weighted by Gasteiger charge is -2.62. The highest BCUT2D eigenvalue weighted by atomic mass is 19.1. The second-order valence-corrected chi connectivity index (χ2v) is 7.22. The standard InChI is InChI=1S/C17H21FN2O/c1-17(2)11-7-10-9-21-16(20-15(10)14(17)8-11)19-13-5-3-12(18)4-6-13/h3-6,10-11,14-15H,7-9H2,1-2H3,(H,19,20)/t10-,11-,14+,15+/m1/s1. The van der Waals surface area contributed by atoms with Crippen molar-refractivity contribution in [3.05, 3.63) is 30.1 Å². The Hall–Kier alpha value is -1.58. The van der Waals surface area contributed by atoms with E-state index in [0.29, 0.717) is 29.3 Å². The minimum Gasteiger partial charge on any atom is -0.465 e. The monoisotopic (exact) mass is 288 g/mol. The van der Waals surface area contributed by atoms with Gasteiger partial charge in [-0.25, -0.2) is 9.38 Å². The van der Waals surface area contributed by atoms with Gasteiger partial charge in [-0.3, -0.25) is 0 Å². The summed E-state index contributed by atoms with van der Waals surface area (Å²) in [6, 6.07) is 7.25. The molecule has 3 nitrogen and oxygen atoms in total. The predicted molar refractivity (Wildman–Crippen MR) is 80.7 cm³/mol. The van der Waals surface area contributed by atoms with Crippen molar-refractivity contribution in [1.29, 1.82) is 0 Å². The first-order valence-electron chi connectivity index (χ1n) is 7.77.